The summed E-state index contributed by atoms with van der Waals surface area (Å²) in [7, 11) is 0. The molecule has 1 saturated heterocycles. The SMILES string of the molecule is OCc1cc(Cl)nc2c1ccn2C1COC1. The molecule has 84 valence electrons. The molecule has 1 aliphatic heterocycles. The molecule has 0 unspecified atom stereocenters. The number of hydrogen-bond donors (Lipinski definition) is 1. The van der Waals surface area contributed by atoms with Gasteiger partial charge in [0.1, 0.15) is 10.8 Å². The highest BCUT2D eigenvalue weighted by Crippen LogP contribution is 2.27. The molecule has 4 nitrogen and oxygen atoms in total. The number of pyridine rings is 1. The molecule has 0 bridgehead atoms. The van der Waals surface area contributed by atoms with Gasteiger partial charge in [-0.25, -0.2) is 4.98 Å². The van der Waals surface area contributed by atoms with Crippen LogP contribution in [0.1, 0.15) is 11.6 Å². The van der Waals surface area contributed by atoms with E-state index in [9.17, 15) is 5.11 Å². The Hall–Kier alpha value is -1.10. The highest BCUT2D eigenvalue weighted by molar-refractivity contribution is 6.29. The van der Waals surface area contributed by atoms with Gasteiger partial charge in [-0.15, -0.1) is 0 Å². The number of ether oxygens (including phenoxy) is 1. The highest BCUT2D eigenvalue weighted by atomic mass is 35.5. The minimum absolute atomic E-state index is 0.0239. The Labute approximate surface area is 97.4 Å². The average Bonchev–Trinajstić information content (AvgIpc) is 2.58. The number of aromatic nitrogens is 2. The number of aliphatic hydroxyl groups excluding tert-OH is 1. The Kier molecular flexibility index (Phi) is 2.35. The largest absolute Gasteiger partial charge is 0.392 e. The third kappa shape index (κ3) is 1.42. The highest BCUT2D eigenvalue weighted by Gasteiger charge is 2.22. The lowest BCUT2D eigenvalue weighted by Gasteiger charge is -2.27. The predicted octanol–water partition coefficient (Wildman–Crippen LogP) is 1.75. The third-order valence-corrected chi connectivity index (χ3v) is 3.12. The van der Waals surface area contributed by atoms with Crippen molar-refractivity contribution in [2.75, 3.05) is 13.2 Å². The van der Waals surface area contributed by atoms with E-state index in [1.165, 1.54) is 0 Å². The molecule has 2 aromatic heterocycles. The van der Waals surface area contributed by atoms with Gasteiger partial charge in [0.25, 0.3) is 0 Å². The standard InChI is InChI=1S/C11H11ClN2O2/c12-10-3-7(4-15)9-1-2-14(11(9)13-10)8-5-16-6-8/h1-3,8,15H,4-6H2. The van der Waals surface area contributed by atoms with Gasteiger partial charge in [-0.05, 0) is 17.7 Å². The Balaban J connectivity index is 2.20. The summed E-state index contributed by atoms with van der Waals surface area (Å²) in [5.74, 6) is 0. The lowest BCUT2D eigenvalue weighted by atomic mass is 10.2. The van der Waals surface area contributed by atoms with Gasteiger partial charge in [0.15, 0.2) is 0 Å². The van der Waals surface area contributed by atoms with Crippen molar-refractivity contribution in [3.8, 4) is 0 Å². The number of fused-ring (bicyclic) bond motifs is 1. The Morgan fingerprint density at radius 2 is 2.38 bits per heavy atom. The molecule has 16 heavy (non-hydrogen) atoms. The first-order valence-electron chi connectivity index (χ1n) is 5.14. The van der Waals surface area contributed by atoms with E-state index < -0.39 is 0 Å². The lowest BCUT2D eigenvalue weighted by Crippen LogP contribution is -2.30. The smallest absolute Gasteiger partial charge is 0.142 e. The molecular weight excluding hydrogens is 228 g/mol. The fraction of sp³-hybridized carbons (Fsp3) is 0.364. The molecule has 2 aromatic rings. The monoisotopic (exact) mass is 238 g/mol. The molecule has 0 atom stereocenters. The second-order valence-corrected chi connectivity index (χ2v) is 4.30. The van der Waals surface area contributed by atoms with Crippen molar-refractivity contribution in [2.24, 2.45) is 0 Å². The van der Waals surface area contributed by atoms with E-state index in [-0.39, 0.29) is 6.61 Å². The van der Waals surface area contributed by atoms with Gasteiger partial charge in [0.05, 0.1) is 25.9 Å². The quantitative estimate of drug-likeness (QED) is 0.811. The summed E-state index contributed by atoms with van der Waals surface area (Å²) in [4.78, 5) is 4.31. The Morgan fingerprint density at radius 1 is 1.56 bits per heavy atom. The van der Waals surface area contributed by atoms with Gasteiger partial charge in [-0.1, -0.05) is 11.6 Å². The van der Waals surface area contributed by atoms with Gasteiger partial charge < -0.3 is 14.4 Å². The van der Waals surface area contributed by atoms with Gasteiger partial charge >= 0.3 is 0 Å². The molecule has 3 heterocycles. The molecule has 0 radical (unpaired) electrons. The zero-order valence-corrected chi connectivity index (χ0v) is 9.31. The number of halogens is 1. The maximum atomic E-state index is 9.26. The van der Waals surface area contributed by atoms with E-state index in [0.29, 0.717) is 24.4 Å². The number of aliphatic hydroxyl groups is 1. The molecule has 1 fully saturated rings. The zero-order chi connectivity index (χ0) is 11.1. The molecule has 0 aliphatic carbocycles. The normalized spacial score (nSPS) is 16.6. The van der Waals surface area contributed by atoms with Crippen LogP contribution in [0.3, 0.4) is 0 Å². The van der Waals surface area contributed by atoms with Crippen LogP contribution < -0.4 is 0 Å². The lowest BCUT2D eigenvalue weighted by molar-refractivity contribution is -0.0216. The molecule has 1 N–H and O–H groups in total. The molecule has 0 saturated carbocycles. The van der Waals surface area contributed by atoms with Crippen LogP contribution in [0.5, 0.6) is 0 Å². The minimum atomic E-state index is -0.0239. The maximum absolute atomic E-state index is 9.26. The van der Waals surface area contributed by atoms with Gasteiger partial charge in [-0.3, -0.25) is 0 Å². The first kappa shape index (κ1) is 10.1. The summed E-state index contributed by atoms with van der Waals surface area (Å²) in [5.41, 5.74) is 1.64. The van der Waals surface area contributed by atoms with E-state index in [1.54, 1.807) is 6.07 Å². The second kappa shape index (κ2) is 3.73. The van der Waals surface area contributed by atoms with Crippen LogP contribution in [0.25, 0.3) is 11.0 Å². The molecule has 0 amide bonds. The van der Waals surface area contributed by atoms with Crippen LogP contribution in [-0.4, -0.2) is 27.9 Å². The predicted molar refractivity (Wildman–Crippen MR) is 60.5 cm³/mol. The number of hydrogen-bond acceptors (Lipinski definition) is 3. The van der Waals surface area contributed by atoms with Gasteiger partial charge in [-0.2, -0.15) is 0 Å². The summed E-state index contributed by atoms with van der Waals surface area (Å²) >= 11 is 5.93. The van der Waals surface area contributed by atoms with Crippen molar-refractivity contribution >= 4 is 22.6 Å². The maximum Gasteiger partial charge on any atom is 0.142 e. The van der Waals surface area contributed by atoms with Crippen LogP contribution in [0.4, 0.5) is 0 Å². The van der Waals surface area contributed by atoms with Crippen LogP contribution in [0, 0.1) is 0 Å². The van der Waals surface area contributed by atoms with E-state index >= 15 is 0 Å². The summed E-state index contributed by atoms with van der Waals surface area (Å²) in [6.07, 6.45) is 1.97. The summed E-state index contributed by atoms with van der Waals surface area (Å²) in [6, 6.07) is 4.00. The third-order valence-electron chi connectivity index (χ3n) is 2.92. The van der Waals surface area contributed by atoms with Crippen molar-refractivity contribution < 1.29 is 9.84 Å². The van der Waals surface area contributed by atoms with Crippen LogP contribution >= 0.6 is 11.6 Å². The number of nitrogens with zero attached hydrogens (tertiary/aromatic N) is 2. The van der Waals surface area contributed by atoms with Crippen LogP contribution in [-0.2, 0) is 11.3 Å². The topological polar surface area (TPSA) is 47.3 Å². The van der Waals surface area contributed by atoms with Crippen molar-refractivity contribution in [2.45, 2.75) is 12.6 Å². The van der Waals surface area contributed by atoms with Crippen molar-refractivity contribution in [1.82, 2.24) is 9.55 Å². The first-order valence-corrected chi connectivity index (χ1v) is 5.52. The van der Waals surface area contributed by atoms with Crippen LogP contribution in [0.2, 0.25) is 5.15 Å². The summed E-state index contributed by atoms with van der Waals surface area (Å²) < 4.78 is 7.22. The zero-order valence-electron chi connectivity index (χ0n) is 8.56. The summed E-state index contributed by atoms with van der Waals surface area (Å²) in [5, 5.41) is 10.6. The van der Waals surface area contributed by atoms with E-state index in [2.05, 4.69) is 9.55 Å². The van der Waals surface area contributed by atoms with Crippen molar-refractivity contribution in [3.05, 3.63) is 29.0 Å². The molecule has 0 aromatic carbocycles. The fourth-order valence-electron chi connectivity index (χ4n) is 1.97. The van der Waals surface area contributed by atoms with E-state index in [0.717, 1.165) is 16.6 Å². The Morgan fingerprint density at radius 3 is 3.00 bits per heavy atom. The minimum Gasteiger partial charge on any atom is -0.392 e. The average molecular weight is 239 g/mol. The van der Waals surface area contributed by atoms with Crippen molar-refractivity contribution in [3.63, 3.8) is 0 Å². The van der Waals surface area contributed by atoms with Gasteiger partial charge in [0, 0.05) is 11.6 Å². The second-order valence-electron chi connectivity index (χ2n) is 3.91. The first-order chi connectivity index (χ1) is 7.79. The van der Waals surface area contributed by atoms with Crippen LogP contribution in [0.15, 0.2) is 18.3 Å². The summed E-state index contributed by atoms with van der Waals surface area (Å²) in [6.45, 7) is 1.41. The molecule has 0 spiro atoms. The van der Waals surface area contributed by atoms with Gasteiger partial charge in [0.2, 0.25) is 0 Å². The van der Waals surface area contributed by atoms with E-state index in [4.69, 9.17) is 16.3 Å². The van der Waals surface area contributed by atoms with E-state index in [1.807, 2.05) is 12.3 Å². The molecule has 1 aliphatic rings. The molecule has 3 rings (SSSR count). The Bertz CT molecular complexity index is 534. The fourth-order valence-corrected chi connectivity index (χ4v) is 2.18. The molecular formula is C11H11ClN2O2. The number of rotatable bonds is 2. The van der Waals surface area contributed by atoms with Crippen molar-refractivity contribution in [1.29, 1.82) is 0 Å². The molecule has 5 heteroatoms.